The van der Waals surface area contributed by atoms with Crippen LogP contribution < -0.4 is 15.1 Å². The van der Waals surface area contributed by atoms with Crippen molar-refractivity contribution in [2.24, 2.45) is 0 Å². The van der Waals surface area contributed by atoms with E-state index in [1.54, 1.807) is 18.2 Å². The lowest BCUT2D eigenvalue weighted by atomic mass is 10.1. The van der Waals surface area contributed by atoms with Crippen LogP contribution in [0.3, 0.4) is 0 Å². The molecule has 3 aromatic rings. The molecule has 0 aliphatic carbocycles. The van der Waals surface area contributed by atoms with Gasteiger partial charge in [-0.15, -0.1) is 0 Å². The molecule has 0 unspecified atom stereocenters. The van der Waals surface area contributed by atoms with E-state index >= 15 is 0 Å². The third-order valence-electron chi connectivity index (χ3n) is 4.19. The minimum absolute atomic E-state index is 0.0388. The lowest BCUT2D eigenvalue weighted by molar-refractivity contribution is -0.147. The monoisotopic (exact) mass is 382 g/mol. The first-order valence-corrected chi connectivity index (χ1v) is 9.16. The molecule has 1 heterocycles. The molecular formula is C22H22O6. The normalized spacial score (nSPS) is 10.6. The van der Waals surface area contributed by atoms with Gasteiger partial charge in [0, 0.05) is 17.0 Å². The number of para-hydroxylation sites is 2. The van der Waals surface area contributed by atoms with E-state index in [1.807, 2.05) is 38.1 Å². The highest BCUT2D eigenvalue weighted by Crippen LogP contribution is 2.26. The molecule has 0 aliphatic rings. The number of hydrogen-bond acceptors (Lipinski definition) is 6. The molecule has 0 aliphatic heterocycles. The molecule has 6 nitrogen and oxygen atoms in total. The summed E-state index contributed by atoms with van der Waals surface area (Å²) in [7, 11) is 0. The zero-order chi connectivity index (χ0) is 19.9. The van der Waals surface area contributed by atoms with Crippen LogP contribution in [0.1, 0.15) is 25.0 Å². The Kier molecular flexibility index (Phi) is 6.32. The molecule has 6 heteroatoms. The lowest BCUT2D eigenvalue weighted by Gasteiger charge is -2.11. The summed E-state index contributed by atoms with van der Waals surface area (Å²) in [6.07, 6.45) is 0.833. The molecule has 0 saturated heterocycles. The summed E-state index contributed by atoms with van der Waals surface area (Å²) < 4.78 is 21.5. The average molecular weight is 382 g/mol. The Morgan fingerprint density at radius 2 is 1.75 bits per heavy atom. The van der Waals surface area contributed by atoms with Crippen molar-refractivity contribution in [1.82, 2.24) is 0 Å². The number of hydrogen-bond donors (Lipinski definition) is 0. The fourth-order valence-corrected chi connectivity index (χ4v) is 2.79. The minimum atomic E-state index is -0.544. The summed E-state index contributed by atoms with van der Waals surface area (Å²) in [6, 6.07) is 14.1. The second-order valence-electron chi connectivity index (χ2n) is 6.10. The summed E-state index contributed by atoms with van der Waals surface area (Å²) in [5, 5.41) is 0.743. The molecule has 0 amide bonds. The van der Waals surface area contributed by atoms with Crippen molar-refractivity contribution in [3.63, 3.8) is 0 Å². The van der Waals surface area contributed by atoms with Gasteiger partial charge in [-0.2, -0.15) is 0 Å². The van der Waals surface area contributed by atoms with Crippen LogP contribution in [0.5, 0.6) is 11.5 Å². The van der Waals surface area contributed by atoms with Gasteiger partial charge in [-0.25, -0.2) is 9.59 Å². The first-order chi connectivity index (χ1) is 13.6. The van der Waals surface area contributed by atoms with Crippen LogP contribution in [0.25, 0.3) is 11.0 Å². The highest BCUT2D eigenvalue weighted by atomic mass is 16.6. The third kappa shape index (κ3) is 4.71. The Labute approximate surface area is 162 Å². The summed E-state index contributed by atoms with van der Waals surface area (Å²) in [4.78, 5) is 23.9. The summed E-state index contributed by atoms with van der Waals surface area (Å²) in [5.74, 6) is 0.494. The Morgan fingerprint density at radius 1 is 1.00 bits per heavy atom. The third-order valence-corrected chi connectivity index (χ3v) is 4.19. The van der Waals surface area contributed by atoms with E-state index in [2.05, 4.69) is 0 Å². The number of fused-ring (bicyclic) bond motifs is 1. The van der Waals surface area contributed by atoms with Crippen LogP contribution >= 0.6 is 0 Å². The fraction of sp³-hybridized carbons (Fsp3) is 0.273. The van der Waals surface area contributed by atoms with E-state index in [-0.39, 0.29) is 13.2 Å². The first kappa shape index (κ1) is 19.5. The topological polar surface area (TPSA) is 75.0 Å². The maximum Gasteiger partial charge on any atom is 0.344 e. The van der Waals surface area contributed by atoms with Gasteiger partial charge in [0.2, 0.25) is 0 Å². The maximum atomic E-state index is 12.1. The first-order valence-electron chi connectivity index (χ1n) is 9.16. The summed E-state index contributed by atoms with van der Waals surface area (Å²) in [6.45, 7) is 4.09. The van der Waals surface area contributed by atoms with Crippen molar-refractivity contribution in [3.8, 4) is 11.5 Å². The van der Waals surface area contributed by atoms with E-state index in [0.29, 0.717) is 29.3 Å². The Bertz CT molecular complexity index is 1020. The molecular weight excluding hydrogens is 360 g/mol. The van der Waals surface area contributed by atoms with Gasteiger partial charge in [-0.1, -0.05) is 31.2 Å². The predicted molar refractivity (Wildman–Crippen MR) is 105 cm³/mol. The lowest BCUT2D eigenvalue weighted by Crippen LogP contribution is -2.16. The largest absolute Gasteiger partial charge is 0.490 e. The maximum absolute atomic E-state index is 12.1. The number of carbonyl (C=O) groups excluding carboxylic acids is 1. The zero-order valence-electron chi connectivity index (χ0n) is 15.9. The molecule has 28 heavy (non-hydrogen) atoms. The molecule has 0 fully saturated rings. The molecule has 0 atom stereocenters. The molecule has 0 saturated carbocycles. The average Bonchev–Trinajstić information content (AvgIpc) is 2.71. The number of ether oxygens (including phenoxy) is 3. The van der Waals surface area contributed by atoms with Crippen molar-refractivity contribution in [2.75, 3.05) is 13.2 Å². The van der Waals surface area contributed by atoms with Gasteiger partial charge in [-0.3, -0.25) is 0 Å². The number of rotatable bonds is 8. The fourth-order valence-electron chi connectivity index (χ4n) is 2.79. The second kappa shape index (κ2) is 9.08. The van der Waals surface area contributed by atoms with Gasteiger partial charge in [0.1, 0.15) is 12.2 Å². The van der Waals surface area contributed by atoms with Crippen LogP contribution in [-0.2, 0) is 22.6 Å². The Morgan fingerprint density at radius 3 is 2.46 bits per heavy atom. The Balaban J connectivity index is 1.66. The molecule has 2 aromatic carbocycles. The number of esters is 1. The Hall–Kier alpha value is -3.28. The highest BCUT2D eigenvalue weighted by Gasteiger charge is 2.11. The van der Waals surface area contributed by atoms with Crippen molar-refractivity contribution in [2.45, 2.75) is 26.9 Å². The van der Waals surface area contributed by atoms with Crippen LogP contribution in [0.2, 0.25) is 0 Å². The number of aryl methyl sites for hydroxylation is 1. The van der Waals surface area contributed by atoms with Crippen LogP contribution in [0.4, 0.5) is 0 Å². The van der Waals surface area contributed by atoms with Gasteiger partial charge >= 0.3 is 11.6 Å². The van der Waals surface area contributed by atoms with Crippen LogP contribution in [0.15, 0.2) is 57.7 Å². The van der Waals surface area contributed by atoms with E-state index in [9.17, 15) is 9.59 Å². The SMILES string of the molecule is CCOc1ccccc1OCC(=O)OCc1cc(=O)oc2cc(CC)ccc12. The van der Waals surface area contributed by atoms with E-state index in [1.165, 1.54) is 6.07 Å². The molecule has 0 N–H and O–H groups in total. The van der Waals surface area contributed by atoms with E-state index in [0.717, 1.165) is 17.4 Å². The molecule has 146 valence electrons. The van der Waals surface area contributed by atoms with E-state index in [4.69, 9.17) is 18.6 Å². The van der Waals surface area contributed by atoms with Gasteiger partial charge in [-0.05, 0) is 37.1 Å². The number of carbonyl (C=O) groups is 1. The molecule has 0 radical (unpaired) electrons. The van der Waals surface area contributed by atoms with Crippen LogP contribution in [-0.4, -0.2) is 19.2 Å². The molecule has 1 aromatic heterocycles. The van der Waals surface area contributed by atoms with Crippen LogP contribution in [0, 0.1) is 0 Å². The smallest absolute Gasteiger partial charge is 0.344 e. The van der Waals surface area contributed by atoms with Crippen molar-refractivity contribution in [3.05, 3.63) is 70.1 Å². The van der Waals surface area contributed by atoms with Crippen molar-refractivity contribution < 1.29 is 23.4 Å². The van der Waals surface area contributed by atoms with Gasteiger partial charge in [0.05, 0.1) is 6.61 Å². The van der Waals surface area contributed by atoms with Crippen molar-refractivity contribution >= 4 is 16.9 Å². The van der Waals surface area contributed by atoms with Gasteiger partial charge in [0.15, 0.2) is 18.1 Å². The zero-order valence-corrected chi connectivity index (χ0v) is 15.9. The quantitative estimate of drug-likeness (QED) is 0.435. The summed E-state index contributed by atoms with van der Waals surface area (Å²) in [5.41, 5.74) is 1.66. The van der Waals surface area contributed by atoms with Crippen molar-refractivity contribution in [1.29, 1.82) is 0 Å². The van der Waals surface area contributed by atoms with Gasteiger partial charge < -0.3 is 18.6 Å². The summed E-state index contributed by atoms with van der Waals surface area (Å²) >= 11 is 0. The molecule has 0 bridgehead atoms. The second-order valence-corrected chi connectivity index (χ2v) is 6.10. The standard InChI is InChI=1S/C22H22O6/c1-3-15-9-10-17-16(12-21(23)28-20(17)11-15)13-27-22(24)14-26-19-8-6-5-7-18(19)25-4-2/h5-12H,3-4,13-14H2,1-2H3. The predicted octanol–water partition coefficient (Wildman–Crippen LogP) is 3.88. The minimum Gasteiger partial charge on any atom is -0.490 e. The highest BCUT2D eigenvalue weighted by molar-refractivity contribution is 5.81. The number of benzene rings is 2. The molecule has 0 spiro atoms. The van der Waals surface area contributed by atoms with Gasteiger partial charge in [0.25, 0.3) is 0 Å². The van der Waals surface area contributed by atoms with E-state index < -0.39 is 11.6 Å². The molecule has 3 rings (SSSR count).